The van der Waals surface area contributed by atoms with Gasteiger partial charge in [-0.05, 0) is 56.8 Å². The highest BCUT2D eigenvalue weighted by molar-refractivity contribution is 6.32. The first-order valence-electron chi connectivity index (χ1n) is 13.0. The molecule has 1 unspecified atom stereocenters. The second-order valence-electron chi connectivity index (χ2n) is 10.5. The minimum Gasteiger partial charge on any atom is -0.444 e. The fraction of sp³-hybridized carbons (Fsp3) is 0.367. The van der Waals surface area contributed by atoms with E-state index in [0.717, 1.165) is 55.5 Å². The lowest BCUT2D eigenvalue weighted by atomic mass is 9.72. The van der Waals surface area contributed by atoms with Crippen molar-refractivity contribution in [3.8, 4) is 5.75 Å². The molecule has 2 heterocycles. The van der Waals surface area contributed by atoms with Gasteiger partial charge >= 0.3 is 0 Å². The van der Waals surface area contributed by atoms with Crippen molar-refractivity contribution in [2.75, 3.05) is 26.2 Å². The van der Waals surface area contributed by atoms with Crippen molar-refractivity contribution in [3.05, 3.63) is 82.3 Å². The smallest absolute Gasteiger partial charge is 0.246 e. The lowest BCUT2D eigenvalue weighted by Crippen LogP contribution is -2.72. The summed E-state index contributed by atoms with van der Waals surface area (Å²) < 4.78 is 6.30. The van der Waals surface area contributed by atoms with Crippen LogP contribution in [-0.4, -0.2) is 48.4 Å². The summed E-state index contributed by atoms with van der Waals surface area (Å²) in [5, 5.41) is 3.50. The molecule has 0 spiro atoms. The van der Waals surface area contributed by atoms with E-state index in [9.17, 15) is 9.59 Å². The Morgan fingerprint density at radius 1 is 1.14 bits per heavy atom. The maximum atomic E-state index is 13.8. The molecule has 0 saturated carbocycles. The lowest BCUT2D eigenvalue weighted by molar-refractivity contribution is -0.361. The van der Waals surface area contributed by atoms with E-state index in [-0.39, 0.29) is 11.6 Å². The van der Waals surface area contributed by atoms with Gasteiger partial charge in [-0.25, -0.2) is 4.99 Å². The van der Waals surface area contributed by atoms with Crippen LogP contribution in [0.3, 0.4) is 0 Å². The average molecular weight is 483 g/mol. The van der Waals surface area contributed by atoms with Gasteiger partial charge in [0.1, 0.15) is 5.92 Å². The van der Waals surface area contributed by atoms with Gasteiger partial charge in [0.2, 0.25) is 11.4 Å². The first kappa shape index (κ1) is 22.9. The number of hydrogen-bond donors (Lipinski definition) is 2. The number of nitrogens with zero attached hydrogens (tertiary/aromatic N) is 1. The van der Waals surface area contributed by atoms with Gasteiger partial charge in [-0.3, -0.25) is 9.59 Å². The Bertz CT molecular complexity index is 1350. The molecule has 0 aromatic heterocycles. The van der Waals surface area contributed by atoms with Gasteiger partial charge in [0.15, 0.2) is 23.1 Å². The molecular formula is C30H32N3O3+. The monoisotopic (exact) mass is 482 g/mol. The number of ether oxygens (including phenoxy) is 1. The highest BCUT2D eigenvalue weighted by atomic mass is 16.5. The van der Waals surface area contributed by atoms with Gasteiger partial charge in [0.05, 0.1) is 0 Å². The third-order valence-electron chi connectivity index (χ3n) is 7.69. The van der Waals surface area contributed by atoms with Gasteiger partial charge in [0, 0.05) is 47.6 Å². The van der Waals surface area contributed by atoms with E-state index < -0.39 is 5.92 Å². The normalized spacial score (nSPS) is 23.1. The molecule has 1 saturated heterocycles. The standard InChI is InChI=1S/C30H31N3O3/c1-18-10-11-22-24(15-18)36-25-16-23(31-12-6-14-33-13-5-7-19(2)17-33)26-27(28(25)32-22)30(35)21-9-4-3-8-20(21)29(26)34/h3-4,8-11,15-16,19,27,31H,5-7,12-14,17H2,1-2H3/p+1/t19-,27?/m0/s1. The van der Waals surface area contributed by atoms with Crippen molar-refractivity contribution in [2.45, 2.75) is 33.1 Å². The number of fused-ring (bicyclic) bond motifs is 5. The van der Waals surface area contributed by atoms with Gasteiger partial charge in [-0.2, -0.15) is 0 Å². The highest BCUT2D eigenvalue weighted by Crippen LogP contribution is 2.38. The zero-order chi connectivity index (χ0) is 24.8. The van der Waals surface area contributed by atoms with Crippen LogP contribution in [0.5, 0.6) is 5.75 Å². The predicted molar refractivity (Wildman–Crippen MR) is 139 cm³/mol. The van der Waals surface area contributed by atoms with E-state index >= 15 is 0 Å². The molecule has 2 aromatic rings. The second kappa shape index (κ2) is 9.17. The number of hydrogen-bond acceptors (Lipinski definition) is 5. The molecule has 2 N–H and O–H groups in total. The van der Waals surface area contributed by atoms with Crippen molar-refractivity contribution in [1.29, 1.82) is 0 Å². The van der Waals surface area contributed by atoms with Crippen molar-refractivity contribution < 1.29 is 19.3 Å². The molecule has 6 heteroatoms. The van der Waals surface area contributed by atoms with Crippen LogP contribution in [0, 0.1) is 18.8 Å². The third-order valence-corrected chi connectivity index (χ3v) is 7.69. The maximum absolute atomic E-state index is 13.8. The third kappa shape index (κ3) is 3.99. The number of rotatable bonds is 5. The van der Waals surface area contributed by atoms with Crippen LogP contribution in [0.4, 0.5) is 5.69 Å². The van der Waals surface area contributed by atoms with Crippen LogP contribution in [-0.2, 0) is 0 Å². The number of aryl methyl sites for hydroxylation is 1. The first-order valence-corrected chi connectivity index (χ1v) is 13.0. The topological polar surface area (TPSA) is 72.6 Å². The molecule has 2 aliphatic heterocycles. The quantitative estimate of drug-likeness (QED) is 0.641. The summed E-state index contributed by atoms with van der Waals surface area (Å²) in [5.74, 6) is 1.18. The van der Waals surface area contributed by atoms with Gasteiger partial charge < -0.3 is 15.0 Å². The number of allylic oxidation sites excluding steroid dienone is 3. The highest BCUT2D eigenvalue weighted by Gasteiger charge is 2.49. The number of likely N-dealkylation sites (tertiary alicyclic amines) is 1. The summed E-state index contributed by atoms with van der Waals surface area (Å²) in [6.07, 6.45) is 5.43. The number of nitrogens with one attached hydrogen (secondary N) is 2. The Balaban J connectivity index is 1.34. The van der Waals surface area contributed by atoms with Crippen molar-refractivity contribution in [2.24, 2.45) is 11.8 Å². The molecule has 6 nitrogen and oxygen atoms in total. The minimum absolute atomic E-state index is 0.0749. The number of carbonyl (C=O) groups is 2. The molecular weight excluding hydrogens is 450 g/mol. The Morgan fingerprint density at radius 3 is 2.81 bits per heavy atom. The zero-order valence-corrected chi connectivity index (χ0v) is 20.9. The number of ketones is 2. The molecule has 6 rings (SSSR count). The number of carbonyl (C=O) groups excluding carboxylic acids is 2. The van der Waals surface area contributed by atoms with E-state index in [4.69, 9.17) is 4.74 Å². The van der Waals surface area contributed by atoms with Crippen molar-refractivity contribution in [3.63, 3.8) is 0 Å². The van der Waals surface area contributed by atoms with E-state index in [1.807, 2.05) is 43.3 Å². The number of piperidine rings is 1. The Labute approximate surface area is 211 Å². The van der Waals surface area contributed by atoms with Crippen LogP contribution in [0.1, 0.15) is 52.5 Å². The maximum Gasteiger partial charge on any atom is 0.246 e. The van der Waals surface area contributed by atoms with E-state index in [1.165, 1.54) is 12.8 Å². The molecule has 2 aliphatic carbocycles. The predicted octanol–water partition coefficient (Wildman–Crippen LogP) is 3.10. The molecule has 36 heavy (non-hydrogen) atoms. The lowest BCUT2D eigenvalue weighted by Gasteiger charge is -2.32. The van der Waals surface area contributed by atoms with Crippen molar-refractivity contribution in [1.82, 2.24) is 10.2 Å². The SMILES string of the molecule is Cc1ccc2c(c1)OC1=CC(NCCCN3CCC[C@H](C)C3)=C3C(=O)c4ccccc4C(=O)C3C1=[NH+]2. The summed E-state index contributed by atoms with van der Waals surface area (Å²) in [6.45, 7) is 8.40. The van der Waals surface area contributed by atoms with Crippen LogP contribution in [0.15, 0.2) is 65.6 Å². The molecule has 0 amide bonds. The molecule has 0 radical (unpaired) electrons. The van der Waals surface area contributed by atoms with E-state index in [1.54, 1.807) is 12.1 Å². The molecule has 0 bridgehead atoms. The summed E-state index contributed by atoms with van der Waals surface area (Å²) in [6, 6.07) is 13.1. The van der Waals surface area contributed by atoms with E-state index in [0.29, 0.717) is 33.9 Å². The number of benzene rings is 2. The molecule has 184 valence electrons. The Kier molecular flexibility index (Phi) is 5.84. The van der Waals surface area contributed by atoms with Crippen LogP contribution in [0.25, 0.3) is 0 Å². The number of Topliss-reactive ketones (excluding diaryl/α,β-unsaturated/α-hetero) is 2. The Morgan fingerprint density at radius 2 is 1.97 bits per heavy atom. The Hall–Kier alpha value is -3.51. The zero-order valence-electron chi connectivity index (χ0n) is 20.9. The summed E-state index contributed by atoms with van der Waals surface area (Å²) in [7, 11) is 0. The molecule has 4 aliphatic rings. The van der Waals surface area contributed by atoms with Crippen LogP contribution < -0.4 is 15.0 Å². The van der Waals surface area contributed by atoms with Gasteiger partial charge in [-0.1, -0.05) is 37.3 Å². The molecule has 1 fully saturated rings. The summed E-state index contributed by atoms with van der Waals surface area (Å²) in [4.78, 5) is 33.4. The van der Waals surface area contributed by atoms with Crippen LogP contribution >= 0.6 is 0 Å². The fourth-order valence-electron chi connectivity index (χ4n) is 5.90. The average Bonchev–Trinajstić information content (AvgIpc) is 2.88. The second-order valence-corrected chi connectivity index (χ2v) is 10.5. The summed E-state index contributed by atoms with van der Waals surface area (Å²) in [5.41, 5.74) is 4.68. The fourth-order valence-corrected chi connectivity index (χ4v) is 5.90. The van der Waals surface area contributed by atoms with Crippen molar-refractivity contribution >= 4 is 23.0 Å². The van der Waals surface area contributed by atoms with Gasteiger partial charge in [0.25, 0.3) is 0 Å². The molecule has 2 aromatic carbocycles. The molecule has 2 atom stereocenters. The van der Waals surface area contributed by atoms with Crippen LogP contribution in [0.2, 0.25) is 0 Å². The minimum atomic E-state index is -0.715. The summed E-state index contributed by atoms with van der Waals surface area (Å²) >= 11 is 0. The largest absolute Gasteiger partial charge is 0.444 e. The van der Waals surface area contributed by atoms with Gasteiger partial charge in [-0.15, -0.1) is 0 Å². The van der Waals surface area contributed by atoms with E-state index in [2.05, 4.69) is 22.1 Å². The first-order chi connectivity index (χ1) is 17.5.